The second-order valence-corrected chi connectivity index (χ2v) is 6.91. The lowest BCUT2D eigenvalue weighted by Crippen LogP contribution is -2.00. The molecule has 2 aromatic rings. The van der Waals surface area contributed by atoms with E-state index in [9.17, 15) is 12.8 Å². The van der Waals surface area contributed by atoms with Gasteiger partial charge in [0.2, 0.25) is 0 Å². The number of hydrogen-bond acceptors (Lipinski definition) is 3. The third-order valence-electron chi connectivity index (χ3n) is 2.48. The Kier molecular flexibility index (Phi) is 4.52. The van der Waals surface area contributed by atoms with Gasteiger partial charge in [0.05, 0.1) is 0 Å². The Morgan fingerprint density at radius 2 is 1.75 bits per heavy atom. The van der Waals surface area contributed by atoms with Crippen LogP contribution in [0.4, 0.5) is 4.39 Å². The highest BCUT2D eigenvalue weighted by molar-refractivity contribution is 8.13. The Balaban J connectivity index is 2.23. The van der Waals surface area contributed by atoms with Crippen molar-refractivity contribution in [3.05, 3.63) is 58.9 Å². The molecule has 0 spiro atoms. The van der Waals surface area contributed by atoms with E-state index in [-0.39, 0.29) is 28.1 Å². The Labute approximate surface area is 125 Å². The lowest BCUT2D eigenvalue weighted by Gasteiger charge is -2.10. The molecule has 20 heavy (non-hydrogen) atoms. The quantitative estimate of drug-likeness (QED) is 0.794. The molecule has 0 fully saturated rings. The molecule has 2 rings (SSSR count). The summed E-state index contributed by atoms with van der Waals surface area (Å²) in [4.78, 5) is -0.200. The number of ether oxygens (including phenoxy) is 1. The highest BCUT2D eigenvalue weighted by Crippen LogP contribution is 2.30. The molecule has 0 bridgehead atoms. The molecule has 0 N–H and O–H groups in total. The fourth-order valence-electron chi connectivity index (χ4n) is 1.53. The molecule has 0 atom stereocenters. The van der Waals surface area contributed by atoms with Crippen LogP contribution in [0.3, 0.4) is 0 Å². The monoisotopic (exact) mass is 334 g/mol. The summed E-state index contributed by atoms with van der Waals surface area (Å²) in [6.07, 6.45) is 0. The first-order valence-electron chi connectivity index (χ1n) is 5.48. The summed E-state index contributed by atoms with van der Waals surface area (Å²) < 4.78 is 41.0. The van der Waals surface area contributed by atoms with Crippen LogP contribution in [0.1, 0.15) is 5.56 Å². The molecule has 0 saturated carbocycles. The molecule has 0 aliphatic heterocycles. The predicted octanol–water partition coefficient (Wildman–Crippen LogP) is 3.99. The minimum Gasteiger partial charge on any atom is -0.487 e. The first kappa shape index (κ1) is 15.1. The van der Waals surface area contributed by atoms with Crippen LogP contribution in [-0.2, 0) is 15.7 Å². The van der Waals surface area contributed by atoms with Gasteiger partial charge in [-0.3, -0.25) is 0 Å². The van der Waals surface area contributed by atoms with E-state index >= 15 is 0 Å². The second-order valence-electron chi connectivity index (χ2n) is 3.94. The normalized spacial score (nSPS) is 11.3. The number of hydrogen-bond donors (Lipinski definition) is 0. The maximum Gasteiger partial charge on any atom is 0.265 e. The van der Waals surface area contributed by atoms with Crippen LogP contribution < -0.4 is 4.74 Å². The SMILES string of the molecule is O=S(=O)(Cl)c1cc(Cl)ccc1OCc1ccc(F)cc1. The van der Waals surface area contributed by atoms with Crippen molar-refractivity contribution in [1.29, 1.82) is 0 Å². The Bertz CT molecular complexity index is 715. The van der Waals surface area contributed by atoms with Crippen LogP contribution in [0.2, 0.25) is 5.02 Å². The highest BCUT2D eigenvalue weighted by atomic mass is 35.7. The topological polar surface area (TPSA) is 43.4 Å². The average Bonchev–Trinajstić information content (AvgIpc) is 2.38. The van der Waals surface area contributed by atoms with Crippen molar-refractivity contribution < 1.29 is 17.5 Å². The van der Waals surface area contributed by atoms with Crippen molar-refractivity contribution in [2.45, 2.75) is 11.5 Å². The van der Waals surface area contributed by atoms with Crippen molar-refractivity contribution >= 4 is 31.3 Å². The van der Waals surface area contributed by atoms with Crippen LogP contribution in [-0.4, -0.2) is 8.42 Å². The maximum absolute atomic E-state index is 12.8. The molecular weight excluding hydrogens is 326 g/mol. The Morgan fingerprint density at radius 3 is 2.35 bits per heavy atom. The molecule has 7 heteroatoms. The average molecular weight is 335 g/mol. The molecule has 3 nitrogen and oxygen atoms in total. The molecule has 0 unspecified atom stereocenters. The largest absolute Gasteiger partial charge is 0.487 e. The smallest absolute Gasteiger partial charge is 0.265 e. The third-order valence-corrected chi connectivity index (χ3v) is 4.05. The minimum atomic E-state index is -3.96. The number of benzene rings is 2. The lowest BCUT2D eigenvalue weighted by atomic mass is 10.2. The van der Waals surface area contributed by atoms with Crippen molar-refractivity contribution in [3.63, 3.8) is 0 Å². The Hall–Kier alpha value is -1.30. The summed E-state index contributed by atoms with van der Waals surface area (Å²) in [6.45, 7) is 0.0846. The van der Waals surface area contributed by atoms with Crippen LogP contribution in [0.15, 0.2) is 47.4 Å². The van der Waals surface area contributed by atoms with Crippen molar-refractivity contribution in [3.8, 4) is 5.75 Å². The van der Waals surface area contributed by atoms with Gasteiger partial charge in [-0.05, 0) is 35.9 Å². The molecule has 0 heterocycles. The second kappa shape index (κ2) is 5.99. The van der Waals surface area contributed by atoms with Gasteiger partial charge in [-0.15, -0.1) is 0 Å². The zero-order valence-corrected chi connectivity index (χ0v) is 12.3. The predicted molar refractivity (Wildman–Crippen MR) is 75.2 cm³/mol. The van der Waals surface area contributed by atoms with Gasteiger partial charge in [0, 0.05) is 15.7 Å². The Morgan fingerprint density at radius 1 is 1.10 bits per heavy atom. The van der Waals surface area contributed by atoms with Gasteiger partial charge in [0.25, 0.3) is 9.05 Å². The first-order chi connectivity index (χ1) is 9.36. The molecule has 106 valence electrons. The molecule has 0 radical (unpaired) electrons. The van der Waals surface area contributed by atoms with E-state index < -0.39 is 9.05 Å². The van der Waals surface area contributed by atoms with Crippen molar-refractivity contribution in [2.75, 3.05) is 0 Å². The molecule has 0 saturated heterocycles. The van der Waals surface area contributed by atoms with E-state index in [0.717, 1.165) is 0 Å². The first-order valence-corrected chi connectivity index (χ1v) is 8.16. The molecule has 0 aliphatic carbocycles. The van der Waals surface area contributed by atoms with Gasteiger partial charge in [0.15, 0.2) is 0 Å². The molecule has 0 amide bonds. The van der Waals surface area contributed by atoms with Gasteiger partial charge < -0.3 is 4.74 Å². The summed E-state index contributed by atoms with van der Waals surface area (Å²) in [5, 5.41) is 0.235. The van der Waals surface area contributed by atoms with Crippen molar-refractivity contribution in [1.82, 2.24) is 0 Å². The van der Waals surface area contributed by atoms with Crippen molar-refractivity contribution in [2.24, 2.45) is 0 Å². The summed E-state index contributed by atoms with van der Waals surface area (Å²) in [5.74, 6) is -0.266. The van der Waals surface area contributed by atoms with Crippen LogP contribution in [0.5, 0.6) is 5.75 Å². The van der Waals surface area contributed by atoms with E-state index in [4.69, 9.17) is 27.0 Å². The zero-order valence-electron chi connectivity index (χ0n) is 10.0. The molecular formula is C13H9Cl2FO3S. The fraction of sp³-hybridized carbons (Fsp3) is 0.0769. The zero-order chi connectivity index (χ0) is 14.8. The van der Waals surface area contributed by atoms with Gasteiger partial charge in [-0.1, -0.05) is 23.7 Å². The van der Waals surface area contributed by atoms with E-state index in [1.807, 2.05) is 0 Å². The van der Waals surface area contributed by atoms with E-state index in [0.29, 0.717) is 5.56 Å². The number of rotatable bonds is 4. The number of halogens is 3. The molecule has 0 aliphatic rings. The molecule has 0 aromatic heterocycles. The third kappa shape index (κ3) is 3.85. The highest BCUT2D eigenvalue weighted by Gasteiger charge is 2.17. The van der Waals surface area contributed by atoms with Crippen LogP contribution >= 0.6 is 22.3 Å². The standard InChI is InChI=1S/C13H9Cl2FO3S/c14-10-3-6-12(13(7-10)20(15,17)18)19-8-9-1-4-11(16)5-2-9/h1-7H,8H2. The van der Waals surface area contributed by atoms with Gasteiger partial charge in [-0.2, -0.15) is 0 Å². The summed E-state index contributed by atoms with van der Waals surface area (Å²) in [7, 11) is 1.36. The lowest BCUT2D eigenvalue weighted by molar-refractivity contribution is 0.298. The van der Waals surface area contributed by atoms with Crippen LogP contribution in [0, 0.1) is 5.82 Å². The minimum absolute atomic E-state index is 0.0846. The van der Waals surface area contributed by atoms with Gasteiger partial charge >= 0.3 is 0 Å². The van der Waals surface area contributed by atoms with E-state index in [1.165, 1.54) is 30.3 Å². The van der Waals surface area contributed by atoms with Crippen LogP contribution in [0.25, 0.3) is 0 Å². The van der Waals surface area contributed by atoms with E-state index in [2.05, 4.69) is 0 Å². The van der Waals surface area contributed by atoms with E-state index in [1.54, 1.807) is 12.1 Å². The maximum atomic E-state index is 12.8. The van der Waals surface area contributed by atoms with Gasteiger partial charge in [0.1, 0.15) is 23.1 Å². The summed E-state index contributed by atoms with van der Waals surface area (Å²) >= 11 is 5.74. The fourth-order valence-corrected chi connectivity index (χ4v) is 2.77. The summed E-state index contributed by atoms with van der Waals surface area (Å²) in [5.41, 5.74) is 0.694. The summed E-state index contributed by atoms with van der Waals surface area (Å²) in [6, 6.07) is 9.79. The van der Waals surface area contributed by atoms with Gasteiger partial charge in [-0.25, -0.2) is 12.8 Å². The molecule has 2 aromatic carbocycles.